The number of aliphatic imine (C=N–C) groups is 1. The number of aliphatic hydroxyl groups is 1. The summed E-state index contributed by atoms with van der Waals surface area (Å²) in [5.74, 6) is -2.06. The van der Waals surface area contributed by atoms with Gasteiger partial charge in [0.15, 0.2) is 22.9 Å². The maximum absolute atomic E-state index is 13.9. The highest BCUT2D eigenvalue weighted by Crippen LogP contribution is 2.43. The van der Waals surface area contributed by atoms with Gasteiger partial charge in [0.1, 0.15) is 17.4 Å². The van der Waals surface area contributed by atoms with E-state index in [0.717, 1.165) is 0 Å². The molecule has 0 spiro atoms. The molecule has 2 unspecified atom stereocenters. The van der Waals surface area contributed by atoms with Gasteiger partial charge in [0.2, 0.25) is 5.76 Å². The molecular formula is C24H24FN5O5. The van der Waals surface area contributed by atoms with Crippen LogP contribution in [0.4, 0.5) is 4.39 Å². The number of nitrogens with zero attached hydrogens (tertiary/aromatic N) is 4. The molecule has 2 bridgehead atoms. The number of hydrogen-bond acceptors (Lipinski definition) is 8. The SMILES string of the molecule is Cc1ncc(C(=O)N(Cc2ccc(F)cc2)C23CCC(CC2=O)CN2CC(O)=C(C(N)=O)N=C23)o1. The van der Waals surface area contributed by atoms with Crippen LogP contribution in [0.25, 0.3) is 0 Å². The Labute approximate surface area is 199 Å². The predicted molar refractivity (Wildman–Crippen MR) is 120 cm³/mol. The number of nitrogens with two attached hydrogens (primary N) is 1. The minimum atomic E-state index is -1.54. The van der Waals surface area contributed by atoms with E-state index < -0.39 is 23.2 Å². The number of hydrogen-bond donors (Lipinski definition) is 2. The lowest BCUT2D eigenvalue weighted by Gasteiger charge is -2.46. The van der Waals surface area contributed by atoms with Crippen LogP contribution in [0, 0.1) is 18.7 Å². The molecule has 3 aliphatic heterocycles. The Balaban J connectivity index is 1.70. The van der Waals surface area contributed by atoms with Gasteiger partial charge in [-0.25, -0.2) is 14.4 Å². The molecular weight excluding hydrogens is 457 g/mol. The first-order chi connectivity index (χ1) is 16.7. The van der Waals surface area contributed by atoms with Gasteiger partial charge in [-0.2, -0.15) is 0 Å². The molecule has 4 heterocycles. The predicted octanol–water partition coefficient (Wildman–Crippen LogP) is 1.86. The van der Waals surface area contributed by atoms with Gasteiger partial charge >= 0.3 is 0 Å². The maximum Gasteiger partial charge on any atom is 0.292 e. The monoisotopic (exact) mass is 481 g/mol. The number of rotatable bonds is 5. The number of aryl methyl sites for hydroxylation is 1. The van der Waals surface area contributed by atoms with Gasteiger partial charge in [0.25, 0.3) is 11.8 Å². The van der Waals surface area contributed by atoms with Crippen molar-refractivity contribution in [1.29, 1.82) is 0 Å². The number of carbonyl (C=O) groups is 3. The summed E-state index contributed by atoms with van der Waals surface area (Å²) in [6.07, 6.45) is 2.37. The molecule has 3 N–H and O–H groups in total. The molecule has 10 nitrogen and oxygen atoms in total. The van der Waals surface area contributed by atoms with Crippen LogP contribution in [0.15, 0.2) is 51.3 Å². The van der Waals surface area contributed by atoms with Gasteiger partial charge in [0.05, 0.1) is 12.7 Å². The second-order valence-electron chi connectivity index (χ2n) is 9.13. The van der Waals surface area contributed by atoms with E-state index in [1.54, 1.807) is 11.8 Å². The van der Waals surface area contributed by atoms with Crippen LogP contribution in [0.5, 0.6) is 0 Å². The fourth-order valence-electron chi connectivity index (χ4n) is 5.22. The van der Waals surface area contributed by atoms with Crippen LogP contribution in [-0.2, 0) is 16.1 Å². The molecule has 6 rings (SSSR count). The molecule has 1 aromatic heterocycles. The molecule has 3 fully saturated rings. The number of amidine groups is 1. The Morgan fingerprint density at radius 2 is 2.09 bits per heavy atom. The number of ketones is 1. The largest absolute Gasteiger partial charge is 0.508 e. The fourth-order valence-corrected chi connectivity index (χ4v) is 5.22. The summed E-state index contributed by atoms with van der Waals surface area (Å²) in [6.45, 7) is 1.93. The summed E-state index contributed by atoms with van der Waals surface area (Å²) < 4.78 is 19.1. The molecule has 1 saturated carbocycles. The summed E-state index contributed by atoms with van der Waals surface area (Å²) in [6, 6.07) is 5.62. The minimum Gasteiger partial charge on any atom is -0.508 e. The molecule has 11 heteroatoms. The molecule has 1 aromatic carbocycles. The zero-order valence-corrected chi connectivity index (χ0v) is 19.0. The van der Waals surface area contributed by atoms with Crippen molar-refractivity contribution in [2.24, 2.45) is 16.6 Å². The second kappa shape index (κ2) is 8.33. The van der Waals surface area contributed by atoms with Crippen molar-refractivity contribution in [1.82, 2.24) is 14.8 Å². The second-order valence-corrected chi connectivity index (χ2v) is 9.13. The van der Waals surface area contributed by atoms with E-state index in [0.29, 0.717) is 18.5 Å². The quantitative estimate of drug-likeness (QED) is 0.664. The van der Waals surface area contributed by atoms with Crippen molar-refractivity contribution in [3.8, 4) is 0 Å². The van der Waals surface area contributed by atoms with E-state index in [1.165, 1.54) is 35.4 Å². The van der Waals surface area contributed by atoms with Crippen LogP contribution in [0.1, 0.15) is 41.3 Å². The molecule has 2 saturated heterocycles. The van der Waals surface area contributed by atoms with Crippen LogP contribution in [-0.4, -0.2) is 62.0 Å². The normalized spacial score (nSPS) is 23.6. The highest BCUT2D eigenvalue weighted by atomic mass is 19.1. The first-order valence-corrected chi connectivity index (χ1v) is 11.3. The van der Waals surface area contributed by atoms with Gasteiger partial charge < -0.3 is 25.1 Å². The van der Waals surface area contributed by atoms with Crippen molar-refractivity contribution in [2.75, 3.05) is 13.1 Å². The fraction of sp³-hybridized carbons (Fsp3) is 0.375. The topological polar surface area (TPSA) is 142 Å². The van der Waals surface area contributed by atoms with E-state index in [4.69, 9.17) is 10.2 Å². The number of amides is 2. The zero-order valence-electron chi connectivity index (χ0n) is 19.0. The number of benzene rings is 1. The molecule has 35 heavy (non-hydrogen) atoms. The highest BCUT2D eigenvalue weighted by molar-refractivity contribution is 6.18. The number of oxazole rings is 1. The Morgan fingerprint density at radius 1 is 1.34 bits per heavy atom. The van der Waals surface area contributed by atoms with E-state index in [-0.39, 0.29) is 66.6 Å². The standard InChI is InChI=1S/C24H24FN5O5/c1-13-27-9-18(35-13)22(34)30(11-14-2-4-16(25)5-3-14)24-7-6-15(8-19(24)32)10-29-12-17(31)20(21(26)33)28-23(24)29/h2-5,9,15,31H,6-8,10-12H2,1H3,(H2,26,33). The maximum atomic E-state index is 13.9. The highest BCUT2D eigenvalue weighted by Gasteiger charge is 2.58. The van der Waals surface area contributed by atoms with E-state index in [1.807, 2.05) is 0 Å². The summed E-state index contributed by atoms with van der Waals surface area (Å²) in [5.41, 5.74) is 4.16. The van der Waals surface area contributed by atoms with Crippen molar-refractivity contribution >= 4 is 23.4 Å². The number of aromatic nitrogens is 1. The van der Waals surface area contributed by atoms with Gasteiger partial charge in [-0.3, -0.25) is 14.4 Å². The number of aliphatic hydroxyl groups excluding tert-OH is 1. The third kappa shape index (κ3) is 3.76. The number of halogens is 1. The average molecular weight is 481 g/mol. The van der Waals surface area contributed by atoms with Crippen molar-refractivity contribution in [3.05, 3.63) is 65.0 Å². The van der Waals surface area contributed by atoms with Crippen LogP contribution >= 0.6 is 0 Å². The smallest absolute Gasteiger partial charge is 0.292 e. The lowest BCUT2D eigenvalue weighted by molar-refractivity contribution is -0.129. The van der Waals surface area contributed by atoms with E-state index in [9.17, 15) is 23.9 Å². The van der Waals surface area contributed by atoms with Gasteiger partial charge in [0, 0.05) is 26.4 Å². The third-order valence-corrected chi connectivity index (χ3v) is 6.85. The summed E-state index contributed by atoms with van der Waals surface area (Å²) in [7, 11) is 0. The Bertz CT molecular complexity index is 1280. The Hall–Kier alpha value is -4.02. The molecule has 2 amide bonds. The van der Waals surface area contributed by atoms with Crippen LogP contribution < -0.4 is 5.73 Å². The number of Topliss-reactive ketones (excluding diaryl/α,β-unsaturated/α-hetero) is 1. The zero-order chi connectivity index (χ0) is 24.9. The summed E-state index contributed by atoms with van der Waals surface area (Å²) in [5, 5.41) is 10.4. The molecule has 4 aliphatic rings. The summed E-state index contributed by atoms with van der Waals surface area (Å²) >= 11 is 0. The third-order valence-electron chi connectivity index (χ3n) is 6.85. The minimum absolute atomic E-state index is 0.00144. The van der Waals surface area contributed by atoms with Crippen molar-refractivity contribution < 1.29 is 28.3 Å². The van der Waals surface area contributed by atoms with Crippen molar-refractivity contribution in [3.63, 3.8) is 0 Å². The Kier molecular flexibility index (Phi) is 5.42. The molecule has 182 valence electrons. The number of fused-ring (bicyclic) bond motifs is 2. The lowest BCUT2D eigenvalue weighted by Crippen LogP contribution is -2.65. The van der Waals surface area contributed by atoms with Crippen LogP contribution in [0.3, 0.4) is 0 Å². The van der Waals surface area contributed by atoms with Gasteiger partial charge in [-0.15, -0.1) is 0 Å². The van der Waals surface area contributed by atoms with E-state index >= 15 is 0 Å². The van der Waals surface area contributed by atoms with Crippen LogP contribution in [0.2, 0.25) is 0 Å². The summed E-state index contributed by atoms with van der Waals surface area (Å²) in [4.78, 5) is 51.2. The molecule has 2 aromatic rings. The average Bonchev–Trinajstić information content (AvgIpc) is 3.14. The lowest BCUT2D eigenvalue weighted by atomic mass is 9.74. The van der Waals surface area contributed by atoms with Crippen molar-refractivity contribution in [2.45, 2.75) is 38.3 Å². The molecule has 0 radical (unpaired) electrons. The van der Waals surface area contributed by atoms with Gasteiger partial charge in [-0.05, 0) is 36.5 Å². The van der Waals surface area contributed by atoms with E-state index in [2.05, 4.69) is 9.98 Å². The number of carbonyl (C=O) groups excluding carboxylic acids is 3. The Morgan fingerprint density at radius 3 is 2.71 bits per heavy atom. The van der Waals surface area contributed by atoms with Gasteiger partial charge in [-0.1, -0.05) is 12.1 Å². The first kappa shape index (κ1) is 22.8. The first-order valence-electron chi connectivity index (χ1n) is 11.3. The molecule has 2 atom stereocenters. The number of primary amides is 1. The molecule has 1 aliphatic carbocycles.